The molecule has 1 N–H and O–H groups in total. The molecule has 1 aliphatic rings. The summed E-state index contributed by atoms with van der Waals surface area (Å²) in [6.07, 6.45) is 3.88. The van der Waals surface area contributed by atoms with Crippen molar-refractivity contribution in [2.24, 2.45) is 5.92 Å². The van der Waals surface area contributed by atoms with Crippen LogP contribution in [-0.4, -0.2) is 10.7 Å². The molecule has 0 aliphatic heterocycles. The molecule has 0 aromatic heterocycles. The first-order chi connectivity index (χ1) is 3.67. The van der Waals surface area contributed by atoms with E-state index in [1.54, 1.807) is 0 Å². The van der Waals surface area contributed by atoms with E-state index < -0.39 is 5.60 Å². The molecule has 2 atom stereocenters. The standard InChI is InChI=1S/C7H12O/c1-3-6-4-5-7(6,2)8/h3,6,8H,1,4-5H2,2H3. The second kappa shape index (κ2) is 1.59. The molecule has 1 saturated carbocycles. The van der Waals surface area contributed by atoms with Crippen molar-refractivity contribution in [2.75, 3.05) is 0 Å². The zero-order valence-corrected chi connectivity index (χ0v) is 5.22. The van der Waals surface area contributed by atoms with Crippen LogP contribution in [0, 0.1) is 5.92 Å². The van der Waals surface area contributed by atoms with E-state index in [2.05, 4.69) is 6.58 Å². The van der Waals surface area contributed by atoms with Crippen LogP contribution in [0.2, 0.25) is 0 Å². The molecule has 1 heteroatoms. The summed E-state index contributed by atoms with van der Waals surface area (Å²) in [7, 11) is 0. The molecule has 46 valence electrons. The highest BCUT2D eigenvalue weighted by Gasteiger charge is 2.38. The normalized spacial score (nSPS) is 45.5. The van der Waals surface area contributed by atoms with Crippen LogP contribution in [0.1, 0.15) is 19.8 Å². The fourth-order valence-electron chi connectivity index (χ4n) is 1.10. The molecule has 0 aromatic carbocycles. The van der Waals surface area contributed by atoms with Crippen molar-refractivity contribution in [3.63, 3.8) is 0 Å². The second-order valence-electron chi connectivity index (χ2n) is 2.74. The van der Waals surface area contributed by atoms with Crippen LogP contribution < -0.4 is 0 Å². The zero-order valence-electron chi connectivity index (χ0n) is 5.22. The van der Waals surface area contributed by atoms with Gasteiger partial charge in [-0.3, -0.25) is 0 Å². The monoisotopic (exact) mass is 112 g/mol. The lowest BCUT2D eigenvalue weighted by atomic mass is 9.71. The second-order valence-corrected chi connectivity index (χ2v) is 2.74. The van der Waals surface area contributed by atoms with Gasteiger partial charge < -0.3 is 5.11 Å². The van der Waals surface area contributed by atoms with Crippen molar-refractivity contribution >= 4 is 0 Å². The minimum atomic E-state index is -0.429. The maximum atomic E-state index is 9.30. The van der Waals surface area contributed by atoms with Crippen molar-refractivity contribution in [1.29, 1.82) is 0 Å². The van der Waals surface area contributed by atoms with E-state index >= 15 is 0 Å². The van der Waals surface area contributed by atoms with Crippen molar-refractivity contribution < 1.29 is 5.11 Å². The van der Waals surface area contributed by atoms with Crippen LogP contribution in [0.25, 0.3) is 0 Å². The van der Waals surface area contributed by atoms with Crippen LogP contribution in [-0.2, 0) is 0 Å². The highest BCUT2D eigenvalue weighted by molar-refractivity contribution is 5.01. The van der Waals surface area contributed by atoms with Crippen LogP contribution in [0.15, 0.2) is 12.7 Å². The lowest BCUT2D eigenvalue weighted by Crippen LogP contribution is -2.42. The highest BCUT2D eigenvalue weighted by atomic mass is 16.3. The van der Waals surface area contributed by atoms with Crippen molar-refractivity contribution in [2.45, 2.75) is 25.4 Å². The Balaban J connectivity index is 2.49. The third-order valence-electron chi connectivity index (χ3n) is 2.04. The van der Waals surface area contributed by atoms with Gasteiger partial charge in [-0.2, -0.15) is 0 Å². The summed E-state index contributed by atoms with van der Waals surface area (Å²) in [5.74, 6) is 0.350. The first kappa shape index (κ1) is 5.83. The van der Waals surface area contributed by atoms with Gasteiger partial charge in [0.2, 0.25) is 0 Å². The van der Waals surface area contributed by atoms with Crippen LogP contribution in [0.4, 0.5) is 0 Å². The first-order valence-corrected chi connectivity index (χ1v) is 3.02. The van der Waals surface area contributed by atoms with Gasteiger partial charge in [-0.05, 0) is 19.8 Å². The Morgan fingerprint density at radius 2 is 2.50 bits per heavy atom. The quantitative estimate of drug-likeness (QED) is 0.507. The molecule has 0 bridgehead atoms. The molecule has 8 heavy (non-hydrogen) atoms. The Morgan fingerprint density at radius 1 is 1.88 bits per heavy atom. The highest BCUT2D eigenvalue weighted by Crippen LogP contribution is 2.38. The fraction of sp³-hybridized carbons (Fsp3) is 0.714. The van der Waals surface area contributed by atoms with Gasteiger partial charge >= 0.3 is 0 Å². The molecular weight excluding hydrogens is 100 g/mol. The molecule has 1 aliphatic carbocycles. The molecule has 1 rings (SSSR count). The largest absolute Gasteiger partial charge is 0.390 e. The van der Waals surface area contributed by atoms with E-state index in [1.807, 2.05) is 13.0 Å². The van der Waals surface area contributed by atoms with E-state index in [-0.39, 0.29) is 0 Å². The van der Waals surface area contributed by atoms with Gasteiger partial charge in [-0.25, -0.2) is 0 Å². The Morgan fingerprint density at radius 3 is 2.50 bits per heavy atom. The van der Waals surface area contributed by atoms with Gasteiger partial charge in [-0.1, -0.05) is 6.08 Å². The Labute approximate surface area is 50.0 Å². The van der Waals surface area contributed by atoms with E-state index in [9.17, 15) is 5.11 Å². The SMILES string of the molecule is C=CC1CCC1(C)O. The van der Waals surface area contributed by atoms with Gasteiger partial charge in [0, 0.05) is 5.92 Å². The lowest BCUT2D eigenvalue weighted by Gasteiger charge is -2.40. The van der Waals surface area contributed by atoms with Crippen LogP contribution >= 0.6 is 0 Å². The van der Waals surface area contributed by atoms with Gasteiger partial charge in [-0.15, -0.1) is 6.58 Å². The predicted octanol–water partition coefficient (Wildman–Crippen LogP) is 1.33. The molecule has 0 heterocycles. The first-order valence-electron chi connectivity index (χ1n) is 3.02. The Bertz CT molecular complexity index is 105. The third kappa shape index (κ3) is 0.671. The molecular formula is C7H12O. The Kier molecular flexibility index (Phi) is 1.16. The topological polar surface area (TPSA) is 20.2 Å². The number of hydrogen-bond acceptors (Lipinski definition) is 1. The van der Waals surface area contributed by atoms with E-state index in [4.69, 9.17) is 0 Å². The summed E-state index contributed by atoms with van der Waals surface area (Å²) in [6, 6.07) is 0. The van der Waals surface area contributed by atoms with Crippen molar-refractivity contribution in [3.05, 3.63) is 12.7 Å². The molecule has 2 unspecified atom stereocenters. The van der Waals surface area contributed by atoms with Crippen molar-refractivity contribution in [1.82, 2.24) is 0 Å². The average Bonchev–Trinajstić information content (AvgIpc) is 1.66. The Hall–Kier alpha value is -0.300. The minimum Gasteiger partial charge on any atom is -0.390 e. The number of hydrogen-bond donors (Lipinski definition) is 1. The van der Waals surface area contributed by atoms with Crippen molar-refractivity contribution in [3.8, 4) is 0 Å². The van der Waals surface area contributed by atoms with E-state index in [0.29, 0.717) is 5.92 Å². The van der Waals surface area contributed by atoms with E-state index in [1.165, 1.54) is 0 Å². The zero-order chi connectivity index (χ0) is 6.20. The van der Waals surface area contributed by atoms with Gasteiger partial charge in [0.05, 0.1) is 5.60 Å². The maximum Gasteiger partial charge on any atom is 0.0682 e. The number of rotatable bonds is 1. The summed E-state index contributed by atoms with van der Waals surface area (Å²) in [6.45, 7) is 5.48. The third-order valence-corrected chi connectivity index (χ3v) is 2.04. The maximum absolute atomic E-state index is 9.30. The van der Waals surface area contributed by atoms with E-state index in [0.717, 1.165) is 12.8 Å². The molecule has 0 radical (unpaired) electrons. The van der Waals surface area contributed by atoms with Gasteiger partial charge in [0.1, 0.15) is 0 Å². The summed E-state index contributed by atoms with van der Waals surface area (Å²) in [5.41, 5.74) is -0.429. The lowest BCUT2D eigenvalue weighted by molar-refractivity contribution is -0.0557. The molecule has 0 aromatic rings. The molecule has 0 saturated heterocycles. The summed E-state index contributed by atoms with van der Waals surface area (Å²) < 4.78 is 0. The summed E-state index contributed by atoms with van der Waals surface area (Å²) >= 11 is 0. The summed E-state index contributed by atoms with van der Waals surface area (Å²) in [5, 5.41) is 9.30. The minimum absolute atomic E-state index is 0.350. The molecule has 0 spiro atoms. The molecule has 1 nitrogen and oxygen atoms in total. The average molecular weight is 112 g/mol. The van der Waals surface area contributed by atoms with Crippen LogP contribution in [0.3, 0.4) is 0 Å². The fourth-order valence-corrected chi connectivity index (χ4v) is 1.10. The van der Waals surface area contributed by atoms with Gasteiger partial charge in [0.25, 0.3) is 0 Å². The number of aliphatic hydroxyl groups is 1. The van der Waals surface area contributed by atoms with Gasteiger partial charge in [0.15, 0.2) is 0 Å². The summed E-state index contributed by atoms with van der Waals surface area (Å²) in [4.78, 5) is 0. The smallest absolute Gasteiger partial charge is 0.0682 e. The molecule has 0 amide bonds. The van der Waals surface area contributed by atoms with Crippen LogP contribution in [0.5, 0.6) is 0 Å². The predicted molar refractivity (Wildman–Crippen MR) is 33.5 cm³/mol. The molecule has 1 fully saturated rings.